The molecule has 1 fully saturated rings. The average Bonchev–Trinajstić information content (AvgIpc) is 2.31. The zero-order valence-electron chi connectivity index (χ0n) is 9.06. The molecule has 1 N–H and O–H groups in total. The maximum Gasteiger partial charge on any atom is 0.354 e. The number of aromatic nitrogens is 1. The predicted octanol–water partition coefficient (Wildman–Crippen LogP) is 2.49. The average molecular weight is 221 g/mol. The molecule has 0 spiro atoms. The first kappa shape index (κ1) is 10.9. The summed E-state index contributed by atoms with van der Waals surface area (Å²) in [6, 6.07) is 3.14. The van der Waals surface area contributed by atoms with Gasteiger partial charge >= 0.3 is 5.97 Å². The standard InChI is InChI=1S/C12H15NO3/c14-12(15)11-7-6-10(8-13-11)16-9-4-2-1-3-5-9/h6-9H,1-5H2,(H,14,15). The number of hydrogen-bond acceptors (Lipinski definition) is 3. The Morgan fingerprint density at radius 1 is 1.31 bits per heavy atom. The third-order valence-corrected chi connectivity index (χ3v) is 2.81. The van der Waals surface area contributed by atoms with Gasteiger partial charge in [-0.05, 0) is 37.8 Å². The molecule has 2 rings (SSSR count). The highest BCUT2D eigenvalue weighted by molar-refractivity contribution is 5.85. The summed E-state index contributed by atoms with van der Waals surface area (Å²) in [5.74, 6) is -0.346. The quantitative estimate of drug-likeness (QED) is 0.851. The van der Waals surface area contributed by atoms with E-state index in [0.29, 0.717) is 5.75 Å². The van der Waals surface area contributed by atoms with Crippen molar-refractivity contribution in [3.05, 3.63) is 24.0 Å². The fourth-order valence-electron chi connectivity index (χ4n) is 1.95. The van der Waals surface area contributed by atoms with Gasteiger partial charge in [0.25, 0.3) is 0 Å². The van der Waals surface area contributed by atoms with E-state index in [1.54, 1.807) is 6.07 Å². The number of ether oxygens (including phenoxy) is 1. The van der Waals surface area contributed by atoms with Crippen LogP contribution in [0.5, 0.6) is 5.75 Å². The molecule has 0 aliphatic heterocycles. The molecule has 0 amide bonds. The first-order valence-corrected chi connectivity index (χ1v) is 5.62. The number of carboxylic acid groups (broad SMARTS) is 1. The van der Waals surface area contributed by atoms with Gasteiger partial charge in [-0.25, -0.2) is 9.78 Å². The van der Waals surface area contributed by atoms with Crippen LogP contribution in [-0.2, 0) is 0 Å². The van der Waals surface area contributed by atoms with Gasteiger partial charge in [0.15, 0.2) is 0 Å². The first-order chi connectivity index (χ1) is 7.75. The third kappa shape index (κ3) is 2.72. The molecule has 1 heterocycles. The van der Waals surface area contributed by atoms with Gasteiger partial charge in [-0.15, -0.1) is 0 Å². The smallest absolute Gasteiger partial charge is 0.354 e. The molecule has 0 saturated heterocycles. The van der Waals surface area contributed by atoms with Crippen molar-refractivity contribution in [2.45, 2.75) is 38.2 Å². The van der Waals surface area contributed by atoms with Crippen molar-refractivity contribution in [2.75, 3.05) is 0 Å². The molecule has 1 aliphatic rings. The van der Waals surface area contributed by atoms with Gasteiger partial charge in [-0.1, -0.05) is 6.42 Å². The fraction of sp³-hybridized carbons (Fsp3) is 0.500. The van der Waals surface area contributed by atoms with Crippen molar-refractivity contribution in [2.24, 2.45) is 0 Å². The van der Waals surface area contributed by atoms with E-state index in [-0.39, 0.29) is 11.8 Å². The maximum atomic E-state index is 10.6. The molecule has 0 radical (unpaired) electrons. The molecule has 4 nitrogen and oxygen atoms in total. The van der Waals surface area contributed by atoms with Crippen molar-refractivity contribution in [1.82, 2.24) is 4.98 Å². The number of aromatic carboxylic acids is 1. The molecule has 86 valence electrons. The largest absolute Gasteiger partial charge is 0.489 e. The Morgan fingerprint density at radius 3 is 2.62 bits per heavy atom. The van der Waals surface area contributed by atoms with Crippen LogP contribution >= 0.6 is 0 Å². The van der Waals surface area contributed by atoms with Crippen LogP contribution < -0.4 is 4.74 Å². The zero-order chi connectivity index (χ0) is 11.4. The lowest BCUT2D eigenvalue weighted by Gasteiger charge is -2.22. The Hall–Kier alpha value is -1.58. The van der Waals surface area contributed by atoms with Crippen molar-refractivity contribution >= 4 is 5.97 Å². The second kappa shape index (κ2) is 4.96. The summed E-state index contributed by atoms with van der Waals surface area (Å²) in [7, 11) is 0. The van der Waals surface area contributed by atoms with E-state index in [9.17, 15) is 4.79 Å². The topological polar surface area (TPSA) is 59.4 Å². The van der Waals surface area contributed by atoms with Crippen LogP contribution in [0.2, 0.25) is 0 Å². The van der Waals surface area contributed by atoms with Gasteiger partial charge in [0.05, 0.1) is 12.3 Å². The summed E-state index contributed by atoms with van der Waals surface area (Å²) < 4.78 is 5.73. The second-order valence-corrected chi connectivity index (χ2v) is 4.06. The monoisotopic (exact) mass is 221 g/mol. The number of pyridine rings is 1. The highest BCUT2D eigenvalue weighted by atomic mass is 16.5. The van der Waals surface area contributed by atoms with Gasteiger partial charge in [0, 0.05) is 0 Å². The highest BCUT2D eigenvalue weighted by Crippen LogP contribution is 2.22. The first-order valence-electron chi connectivity index (χ1n) is 5.62. The van der Waals surface area contributed by atoms with Crippen LogP contribution in [0.1, 0.15) is 42.6 Å². The van der Waals surface area contributed by atoms with E-state index >= 15 is 0 Å². The second-order valence-electron chi connectivity index (χ2n) is 4.06. The van der Waals surface area contributed by atoms with Gasteiger partial charge in [0.2, 0.25) is 0 Å². The minimum atomic E-state index is -1.01. The molecule has 0 unspecified atom stereocenters. The molecule has 1 aliphatic carbocycles. The van der Waals surface area contributed by atoms with E-state index < -0.39 is 5.97 Å². The van der Waals surface area contributed by atoms with Crippen LogP contribution in [0.4, 0.5) is 0 Å². The van der Waals surface area contributed by atoms with Crippen LogP contribution in [0.15, 0.2) is 18.3 Å². The van der Waals surface area contributed by atoms with Crippen molar-refractivity contribution < 1.29 is 14.6 Å². The molecular weight excluding hydrogens is 206 g/mol. The molecular formula is C12H15NO3. The fourth-order valence-corrected chi connectivity index (χ4v) is 1.95. The zero-order valence-corrected chi connectivity index (χ0v) is 9.06. The summed E-state index contributed by atoms with van der Waals surface area (Å²) >= 11 is 0. The van der Waals surface area contributed by atoms with E-state index in [2.05, 4.69) is 4.98 Å². The maximum absolute atomic E-state index is 10.6. The molecule has 1 saturated carbocycles. The van der Waals surface area contributed by atoms with Crippen molar-refractivity contribution in [1.29, 1.82) is 0 Å². The molecule has 16 heavy (non-hydrogen) atoms. The van der Waals surface area contributed by atoms with Gasteiger partial charge in [0.1, 0.15) is 11.4 Å². The summed E-state index contributed by atoms with van der Waals surface area (Å²) in [5.41, 5.74) is 0.0518. The van der Waals surface area contributed by atoms with Crippen LogP contribution in [0, 0.1) is 0 Å². The molecule has 0 aromatic carbocycles. The van der Waals surface area contributed by atoms with E-state index in [1.807, 2.05) is 0 Å². The molecule has 4 heteroatoms. The molecule has 0 atom stereocenters. The lowest BCUT2D eigenvalue weighted by molar-refractivity contribution is 0.0690. The number of carboxylic acids is 1. The normalized spacial score (nSPS) is 17.0. The Morgan fingerprint density at radius 2 is 2.06 bits per heavy atom. The SMILES string of the molecule is O=C(O)c1ccc(OC2CCCCC2)cn1. The van der Waals surface area contributed by atoms with Gasteiger partial charge in [-0.3, -0.25) is 0 Å². The van der Waals surface area contributed by atoms with E-state index in [0.717, 1.165) is 12.8 Å². The number of nitrogens with zero attached hydrogens (tertiary/aromatic N) is 1. The molecule has 1 aromatic heterocycles. The van der Waals surface area contributed by atoms with Crippen LogP contribution in [-0.4, -0.2) is 22.2 Å². The predicted molar refractivity (Wildman–Crippen MR) is 58.7 cm³/mol. The minimum absolute atomic E-state index is 0.0518. The molecule has 1 aromatic rings. The Balaban J connectivity index is 1.96. The summed E-state index contributed by atoms with van der Waals surface area (Å²) in [5, 5.41) is 8.69. The lowest BCUT2D eigenvalue weighted by Crippen LogP contribution is -2.19. The van der Waals surface area contributed by atoms with E-state index in [1.165, 1.54) is 31.5 Å². The van der Waals surface area contributed by atoms with Crippen molar-refractivity contribution in [3.63, 3.8) is 0 Å². The Kier molecular flexibility index (Phi) is 3.39. The van der Waals surface area contributed by atoms with Crippen molar-refractivity contribution in [3.8, 4) is 5.75 Å². The number of hydrogen-bond donors (Lipinski definition) is 1. The number of rotatable bonds is 3. The third-order valence-electron chi connectivity index (χ3n) is 2.81. The lowest BCUT2D eigenvalue weighted by atomic mass is 9.98. The van der Waals surface area contributed by atoms with Crippen LogP contribution in [0.3, 0.4) is 0 Å². The van der Waals surface area contributed by atoms with Crippen LogP contribution in [0.25, 0.3) is 0 Å². The highest BCUT2D eigenvalue weighted by Gasteiger charge is 2.15. The summed E-state index contributed by atoms with van der Waals surface area (Å²) in [6.07, 6.45) is 7.64. The van der Waals surface area contributed by atoms with Gasteiger partial charge in [-0.2, -0.15) is 0 Å². The minimum Gasteiger partial charge on any atom is -0.489 e. The van der Waals surface area contributed by atoms with E-state index in [4.69, 9.17) is 9.84 Å². The Bertz CT molecular complexity index is 355. The summed E-state index contributed by atoms with van der Waals surface area (Å²) in [4.78, 5) is 14.4. The Labute approximate surface area is 94.3 Å². The van der Waals surface area contributed by atoms with Gasteiger partial charge < -0.3 is 9.84 Å². The molecule has 0 bridgehead atoms. The number of carbonyl (C=O) groups is 1. The summed E-state index contributed by atoms with van der Waals surface area (Å²) in [6.45, 7) is 0.